The Morgan fingerprint density at radius 1 is 1.27 bits per heavy atom. The molecule has 1 rings (SSSR count). The average molecular weight is 167 g/mol. The second-order valence-electron chi connectivity index (χ2n) is 2.38. The number of benzene rings is 1. The third-order valence-corrected chi connectivity index (χ3v) is 2.18. The largest absolute Gasteiger partial charge is 0.388 e. The summed E-state index contributed by atoms with van der Waals surface area (Å²) >= 11 is 1.85. The lowest BCUT2D eigenvalue weighted by atomic mass is 10.2. The van der Waals surface area contributed by atoms with E-state index < -0.39 is 0 Å². The maximum Gasteiger partial charge on any atom is 0.0337 e. The maximum absolute atomic E-state index is 3.09. The van der Waals surface area contributed by atoms with Crippen LogP contribution in [0.4, 0.5) is 5.69 Å². The van der Waals surface area contributed by atoms with Gasteiger partial charge in [0.25, 0.3) is 0 Å². The van der Waals surface area contributed by atoms with Gasteiger partial charge in [-0.25, -0.2) is 0 Å². The third kappa shape index (κ3) is 2.46. The quantitative estimate of drug-likeness (QED) is 0.742. The van der Waals surface area contributed by atoms with Gasteiger partial charge in [-0.05, 0) is 24.0 Å². The van der Waals surface area contributed by atoms with Crippen LogP contribution in [-0.4, -0.2) is 13.3 Å². The Labute approximate surface area is 72.2 Å². The van der Waals surface area contributed by atoms with E-state index in [-0.39, 0.29) is 0 Å². The van der Waals surface area contributed by atoms with Crippen LogP contribution in [0.5, 0.6) is 0 Å². The van der Waals surface area contributed by atoms with Crippen molar-refractivity contribution in [2.45, 2.75) is 5.75 Å². The molecule has 0 saturated carbocycles. The molecule has 0 amide bonds. The molecule has 0 aromatic heterocycles. The smallest absolute Gasteiger partial charge is 0.0337 e. The first-order valence-electron chi connectivity index (χ1n) is 3.62. The molecular weight excluding hydrogens is 154 g/mol. The van der Waals surface area contributed by atoms with Gasteiger partial charge in [-0.15, -0.1) is 0 Å². The van der Waals surface area contributed by atoms with Crippen molar-refractivity contribution in [3.63, 3.8) is 0 Å². The Kier molecular flexibility index (Phi) is 3.30. The molecule has 0 bridgehead atoms. The Balaban J connectivity index is 2.66. The van der Waals surface area contributed by atoms with E-state index in [0.29, 0.717) is 0 Å². The van der Waals surface area contributed by atoms with Gasteiger partial charge in [-0.2, -0.15) is 11.8 Å². The molecule has 1 nitrogen and oxygen atoms in total. The van der Waals surface area contributed by atoms with Crippen molar-refractivity contribution in [3.8, 4) is 0 Å². The van der Waals surface area contributed by atoms with E-state index in [1.807, 2.05) is 18.8 Å². The fourth-order valence-electron chi connectivity index (χ4n) is 0.934. The van der Waals surface area contributed by atoms with Crippen LogP contribution >= 0.6 is 11.8 Å². The lowest BCUT2D eigenvalue weighted by Gasteiger charge is -2.01. The molecule has 0 unspecified atom stereocenters. The van der Waals surface area contributed by atoms with E-state index in [0.717, 1.165) is 5.75 Å². The standard InChI is InChI=1S/C9H13NS/c1-10-9-5-3-8(4-6-9)7-11-2/h3-6,10H,7H2,1-2H3. The SMILES string of the molecule is CNc1ccc(CSC)cc1. The molecular formula is C9H13NS. The van der Waals surface area contributed by atoms with Crippen LogP contribution < -0.4 is 5.32 Å². The number of hydrogen-bond donors (Lipinski definition) is 1. The van der Waals surface area contributed by atoms with Gasteiger partial charge in [0.05, 0.1) is 0 Å². The van der Waals surface area contributed by atoms with E-state index in [1.165, 1.54) is 11.3 Å². The van der Waals surface area contributed by atoms with Crippen molar-refractivity contribution in [2.24, 2.45) is 0 Å². The van der Waals surface area contributed by atoms with Crippen LogP contribution in [0, 0.1) is 0 Å². The minimum absolute atomic E-state index is 1.10. The fraction of sp³-hybridized carbons (Fsp3) is 0.333. The lowest BCUT2D eigenvalue weighted by Crippen LogP contribution is -1.87. The molecule has 0 atom stereocenters. The Morgan fingerprint density at radius 2 is 1.91 bits per heavy atom. The number of nitrogens with one attached hydrogen (secondary N) is 1. The first-order valence-corrected chi connectivity index (χ1v) is 5.02. The minimum Gasteiger partial charge on any atom is -0.388 e. The van der Waals surface area contributed by atoms with Gasteiger partial charge >= 0.3 is 0 Å². The summed E-state index contributed by atoms with van der Waals surface area (Å²) in [6, 6.07) is 8.52. The molecule has 0 fully saturated rings. The van der Waals surface area contributed by atoms with E-state index in [2.05, 4.69) is 35.8 Å². The summed E-state index contributed by atoms with van der Waals surface area (Å²) in [6.07, 6.45) is 2.12. The Hall–Kier alpha value is -0.630. The zero-order valence-corrected chi connectivity index (χ0v) is 7.74. The average Bonchev–Trinajstić information content (AvgIpc) is 2.07. The van der Waals surface area contributed by atoms with Gasteiger partial charge in [0.2, 0.25) is 0 Å². The highest BCUT2D eigenvalue weighted by Crippen LogP contribution is 2.12. The van der Waals surface area contributed by atoms with Crippen LogP contribution in [0.25, 0.3) is 0 Å². The molecule has 11 heavy (non-hydrogen) atoms. The van der Waals surface area contributed by atoms with Crippen LogP contribution in [0.15, 0.2) is 24.3 Å². The summed E-state index contributed by atoms with van der Waals surface area (Å²) in [5, 5.41) is 3.09. The van der Waals surface area contributed by atoms with Crippen molar-refractivity contribution >= 4 is 17.4 Å². The highest BCUT2D eigenvalue weighted by Gasteiger charge is 1.90. The molecule has 0 radical (unpaired) electrons. The molecule has 0 saturated heterocycles. The fourth-order valence-corrected chi connectivity index (χ4v) is 1.46. The van der Waals surface area contributed by atoms with Gasteiger partial charge < -0.3 is 5.32 Å². The highest BCUT2D eigenvalue weighted by molar-refractivity contribution is 7.97. The van der Waals surface area contributed by atoms with E-state index in [9.17, 15) is 0 Å². The minimum atomic E-state index is 1.10. The molecule has 0 aliphatic carbocycles. The topological polar surface area (TPSA) is 12.0 Å². The Morgan fingerprint density at radius 3 is 2.36 bits per heavy atom. The summed E-state index contributed by atoms with van der Waals surface area (Å²) in [5.74, 6) is 1.10. The summed E-state index contributed by atoms with van der Waals surface area (Å²) in [7, 11) is 1.93. The summed E-state index contributed by atoms with van der Waals surface area (Å²) in [5.41, 5.74) is 2.56. The predicted octanol–water partition coefficient (Wildman–Crippen LogP) is 2.59. The second kappa shape index (κ2) is 4.29. The van der Waals surface area contributed by atoms with Crippen LogP contribution in [0.2, 0.25) is 0 Å². The number of thioether (sulfide) groups is 1. The van der Waals surface area contributed by atoms with Crippen molar-refractivity contribution in [3.05, 3.63) is 29.8 Å². The molecule has 1 aromatic rings. The first-order chi connectivity index (χ1) is 5.36. The monoisotopic (exact) mass is 167 g/mol. The molecule has 1 aromatic carbocycles. The number of anilines is 1. The molecule has 60 valence electrons. The number of hydrogen-bond acceptors (Lipinski definition) is 2. The molecule has 0 aliphatic rings. The molecule has 1 N–H and O–H groups in total. The predicted molar refractivity (Wildman–Crippen MR) is 53.2 cm³/mol. The first kappa shape index (κ1) is 8.47. The van der Waals surface area contributed by atoms with Crippen LogP contribution in [0.1, 0.15) is 5.56 Å². The normalized spacial score (nSPS) is 9.64. The molecule has 0 heterocycles. The Bertz CT molecular complexity index is 205. The van der Waals surface area contributed by atoms with E-state index in [4.69, 9.17) is 0 Å². The van der Waals surface area contributed by atoms with Gasteiger partial charge in [-0.3, -0.25) is 0 Å². The van der Waals surface area contributed by atoms with Crippen molar-refractivity contribution in [2.75, 3.05) is 18.6 Å². The highest BCUT2D eigenvalue weighted by atomic mass is 32.2. The molecule has 0 aliphatic heterocycles. The lowest BCUT2D eigenvalue weighted by molar-refractivity contribution is 1.40. The second-order valence-corrected chi connectivity index (χ2v) is 3.25. The zero-order valence-electron chi connectivity index (χ0n) is 6.92. The van der Waals surface area contributed by atoms with Gasteiger partial charge in [0.15, 0.2) is 0 Å². The van der Waals surface area contributed by atoms with Crippen LogP contribution in [-0.2, 0) is 5.75 Å². The van der Waals surface area contributed by atoms with E-state index in [1.54, 1.807) is 0 Å². The van der Waals surface area contributed by atoms with Gasteiger partial charge in [-0.1, -0.05) is 12.1 Å². The van der Waals surface area contributed by atoms with Crippen molar-refractivity contribution < 1.29 is 0 Å². The summed E-state index contributed by atoms with van der Waals surface area (Å²) in [6.45, 7) is 0. The van der Waals surface area contributed by atoms with Gasteiger partial charge in [0.1, 0.15) is 0 Å². The molecule has 2 heteroatoms. The summed E-state index contributed by atoms with van der Waals surface area (Å²) < 4.78 is 0. The van der Waals surface area contributed by atoms with Crippen LogP contribution in [0.3, 0.4) is 0 Å². The maximum atomic E-state index is 3.09. The van der Waals surface area contributed by atoms with Crippen molar-refractivity contribution in [1.29, 1.82) is 0 Å². The molecule has 0 spiro atoms. The zero-order chi connectivity index (χ0) is 8.10. The number of rotatable bonds is 3. The summed E-state index contributed by atoms with van der Waals surface area (Å²) in [4.78, 5) is 0. The van der Waals surface area contributed by atoms with E-state index >= 15 is 0 Å². The van der Waals surface area contributed by atoms with Crippen molar-refractivity contribution in [1.82, 2.24) is 0 Å². The third-order valence-electron chi connectivity index (χ3n) is 1.55. The van der Waals surface area contributed by atoms with Gasteiger partial charge in [0, 0.05) is 18.5 Å².